The lowest BCUT2D eigenvalue weighted by Crippen LogP contribution is -2.28. The van der Waals surface area contributed by atoms with E-state index in [1.54, 1.807) is 10.7 Å². The summed E-state index contributed by atoms with van der Waals surface area (Å²) in [5, 5.41) is 6.93. The molecule has 10 heteroatoms. The Morgan fingerprint density at radius 2 is 1.89 bits per heavy atom. The Labute approximate surface area is 163 Å². The van der Waals surface area contributed by atoms with Crippen LogP contribution in [-0.4, -0.2) is 46.5 Å². The van der Waals surface area contributed by atoms with Gasteiger partial charge >= 0.3 is 0 Å². The van der Waals surface area contributed by atoms with E-state index in [4.69, 9.17) is 11.6 Å². The number of benzene rings is 1. The number of nitrogens with one attached hydrogen (secondary N) is 1. The van der Waals surface area contributed by atoms with Crippen molar-refractivity contribution in [3.63, 3.8) is 0 Å². The molecule has 0 unspecified atom stereocenters. The Morgan fingerprint density at radius 3 is 2.48 bits per heavy atom. The van der Waals surface area contributed by atoms with Crippen molar-refractivity contribution in [1.29, 1.82) is 0 Å². The van der Waals surface area contributed by atoms with Gasteiger partial charge in [0.05, 0.1) is 10.6 Å². The summed E-state index contributed by atoms with van der Waals surface area (Å²) in [5.74, 6) is -0.520. The van der Waals surface area contributed by atoms with Gasteiger partial charge in [-0.05, 0) is 51.8 Å². The van der Waals surface area contributed by atoms with Gasteiger partial charge in [0, 0.05) is 18.8 Å². The molecule has 0 saturated carbocycles. The zero-order valence-corrected chi connectivity index (χ0v) is 17.0. The van der Waals surface area contributed by atoms with Gasteiger partial charge in [0.1, 0.15) is 11.2 Å². The average molecular weight is 412 g/mol. The first-order valence-electron chi connectivity index (χ1n) is 8.62. The van der Waals surface area contributed by atoms with Crippen molar-refractivity contribution in [3.8, 4) is 0 Å². The number of amides is 1. The monoisotopic (exact) mass is 411 g/mol. The third-order valence-corrected chi connectivity index (χ3v) is 6.63. The molecule has 1 N–H and O–H groups in total. The van der Waals surface area contributed by atoms with Crippen molar-refractivity contribution in [2.75, 3.05) is 18.4 Å². The number of rotatable bonds is 4. The maximum atomic E-state index is 12.8. The predicted octanol–water partition coefficient (Wildman–Crippen LogP) is 2.72. The van der Waals surface area contributed by atoms with Crippen molar-refractivity contribution in [2.45, 2.75) is 44.0 Å². The van der Waals surface area contributed by atoms with E-state index in [2.05, 4.69) is 15.4 Å². The quantitative estimate of drug-likeness (QED) is 0.834. The molecule has 0 atom stereocenters. The summed E-state index contributed by atoms with van der Waals surface area (Å²) in [6.07, 6.45) is 3.14. The highest BCUT2D eigenvalue weighted by molar-refractivity contribution is 7.89. The molecule has 8 nitrogen and oxygen atoms in total. The first-order chi connectivity index (χ1) is 12.6. The molecule has 3 rings (SSSR count). The number of sulfonamides is 1. The molecular weight excluding hydrogens is 390 g/mol. The Hall–Kier alpha value is -1.97. The molecule has 2 aromatic rings. The van der Waals surface area contributed by atoms with E-state index in [9.17, 15) is 13.2 Å². The van der Waals surface area contributed by atoms with Gasteiger partial charge in [-0.25, -0.2) is 18.1 Å². The van der Waals surface area contributed by atoms with E-state index >= 15 is 0 Å². The van der Waals surface area contributed by atoms with Gasteiger partial charge in [0.15, 0.2) is 0 Å². The van der Waals surface area contributed by atoms with Gasteiger partial charge < -0.3 is 5.32 Å². The molecule has 2 heterocycles. The molecule has 1 amide bonds. The molecule has 146 valence electrons. The zero-order valence-electron chi connectivity index (χ0n) is 15.4. The molecule has 27 heavy (non-hydrogen) atoms. The number of nitrogens with zero attached hydrogens (tertiary/aromatic N) is 4. The second kappa shape index (κ2) is 7.21. The molecule has 0 bridgehead atoms. The lowest BCUT2D eigenvalue weighted by molar-refractivity contribution is 0.101. The Balaban J connectivity index is 1.84. The number of carbonyl (C=O) groups excluding carboxylic acids is 1. The summed E-state index contributed by atoms with van der Waals surface area (Å²) in [6.45, 7) is 6.78. The second-order valence-corrected chi connectivity index (χ2v) is 9.71. The third-order valence-electron chi connectivity index (χ3n) is 4.25. The topological polar surface area (TPSA) is 97.2 Å². The highest BCUT2D eigenvalue weighted by Gasteiger charge is 2.29. The minimum Gasteiger partial charge on any atom is -0.319 e. The second-order valence-electron chi connectivity index (χ2n) is 7.39. The number of hydrogen-bond donors (Lipinski definition) is 1. The molecule has 1 aliphatic rings. The summed E-state index contributed by atoms with van der Waals surface area (Å²) in [5.41, 5.74) is 0.0113. The van der Waals surface area contributed by atoms with E-state index in [0.717, 1.165) is 12.8 Å². The first-order valence-corrected chi connectivity index (χ1v) is 10.4. The molecule has 0 spiro atoms. The summed E-state index contributed by atoms with van der Waals surface area (Å²) < 4.78 is 28.6. The predicted molar refractivity (Wildman–Crippen MR) is 102 cm³/mol. The van der Waals surface area contributed by atoms with Crippen LogP contribution in [0.2, 0.25) is 5.02 Å². The summed E-state index contributed by atoms with van der Waals surface area (Å²) in [6, 6.07) is 4.37. The van der Waals surface area contributed by atoms with E-state index in [1.165, 1.54) is 22.8 Å². The molecule has 1 fully saturated rings. The number of halogens is 1. The van der Waals surface area contributed by atoms with Crippen molar-refractivity contribution >= 4 is 33.2 Å². The van der Waals surface area contributed by atoms with Gasteiger partial charge in [-0.2, -0.15) is 4.31 Å². The molecular formula is C17H22ClN5O3S. The van der Waals surface area contributed by atoms with Crippen LogP contribution >= 0.6 is 11.6 Å². The van der Waals surface area contributed by atoms with Gasteiger partial charge in [0.2, 0.25) is 15.8 Å². The third kappa shape index (κ3) is 4.15. The van der Waals surface area contributed by atoms with Gasteiger partial charge in [-0.1, -0.05) is 11.6 Å². The average Bonchev–Trinajstić information content (AvgIpc) is 3.28. The molecule has 0 aliphatic carbocycles. The van der Waals surface area contributed by atoms with Crippen molar-refractivity contribution in [3.05, 3.63) is 35.4 Å². The maximum absolute atomic E-state index is 12.8. The fourth-order valence-corrected chi connectivity index (χ4v) is 4.74. The zero-order chi connectivity index (χ0) is 19.8. The minimum absolute atomic E-state index is 0.00354. The van der Waals surface area contributed by atoms with E-state index in [0.29, 0.717) is 18.8 Å². The van der Waals surface area contributed by atoms with Crippen molar-refractivity contribution in [2.24, 2.45) is 0 Å². The largest absolute Gasteiger partial charge is 0.319 e. The van der Waals surface area contributed by atoms with Crippen LogP contribution in [0.5, 0.6) is 0 Å². The first kappa shape index (κ1) is 19.8. The summed E-state index contributed by atoms with van der Waals surface area (Å²) >= 11 is 6.12. The summed E-state index contributed by atoms with van der Waals surface area (Å²) in [7, 11) is -3.69. The van der Waals surface area contributed by atoms with Crippen molar-refractivity contribution in [1.82, 2.24) is 19.1 Å². The molecule has 1 aromatic heterocycles. The fourth-order valence-electron chi connectivity index (χ4n) is 2.72. The standard InChI is InChI=1S/C17H22ClN5O3S/c1-17(2,3)23-11-19-15(21-23)16(24)20-12-6-7-13(18)14(10-12)27(25,26)22-8-4-5-9-22/h6-7,10-11H,4-5,8-9H2,1-3H3,(H,20,24). The van der Waals surface area contributed by atoms with Gasteiger partial charge in [-0.3, -0.25) is 4.79 Å². The van der Waals surface area contributed by atoms with E-state index in [1.807, 2.05) is 20.8 Å². The van der Waals surface area contributed by atoms with Gasteiger partial charge in [-0.15, -0.1) is 5.10 Å². The SMILES string of the molecule is CC(C)(C)n1cnc(C(=O)Nc2ccc(Cl)c(S(=O)(=O)N3CCCC3)c2)n1. The summed E-state index contributed by atoms with van der Waals surface area (Å²) in [4.78, 5) is 16.4. The lowest BCUT2D eigenvalue weighted by atomic mass is 10.1. The van der Waals surface area contributed by atoms with Crippen LogP contribution < -0.4 is 5.32 Å². The van der Waals surface area contributed by atoms with E-state index in [-0.39, 0.29) is 21.3 Å². The van der Waals surface area contributed by atoms with Crippen LogP contribution in [0.3, 0.4) is 0 Å². The lowest BCUT2D eigenvalue weighted by Gasteiger charge is -2.18. The maximum Gasteiger partial charge on any atom is 0.295 e. The minimum atomic E-state index is -3.69. The van der Waals surface area contributed by atoms with Crippen molar-refractivity contribution < 1.29 is 13.2 Å². The Kier molecular flexibility index (Phi) is 5.29. The van der Waals surface area contributed by atoms with Crippen LogP contribution in [0, 0.1) is 0 Å². The highest BCUT2D eigenvalue weighted by atomic mass is 35.5. The van der Waals surface area contributed by atoms with Crippen LogP contribution in [0.1, 0.15) is 44.2 Å². The van der Waals surface area contributed by atoms with Crippen LogP contribution in [-0.2, 0) is 15.6 Å². The molecule has 1 aliphatic heterocycles. The Morgan fingerprint density at radius 1 is 1.22 bits per heavy atom. The smallest absolute Gasteiger partial charge is 0.295 e. The molecule has 1 aromatic carbocycles. The number of carbonyl (C=O) groups is 1. The van der Waals surface area contributed by atoms with E-state index < -0.39 is 15.9 Å². The number of aromatic nitrogens is 3. The number of anilines is 1. The number of hydrogen-bond acceptors (Lipinski definition) is 5. The fraction of sp³-hybridized carbons (Fsp3) is 0.471. The van der Waals surface area contributed by atoms with Crippen LogP contribution in [0.25, 0.3) is 0 Å². The normalized spacial score (nSPS) is 15.9. The molecule has 0 radical (unpaired) electrons. The highest BCUT2D eigenvalue weighted by Crippen LogP contribution is 2.29. The van der Waals surface area contributed by atoms with Crippen LogP contribution in [0.15, 0.2) is 29.4 Å². The van der Waals surface area contributed by atoms with Crippen LogP contribution in [0.4, 0.5) is 5.69 Å². The van der Waals surface area contributed by atoms with Gasteiger partial charge in [0.25, 0.3) is 5.91 Å². The Bertz CT molecular complexity index is 959. The molecule has 1 saturated heterocycles.